The van der Waals surface area contributed by atoms with E-state index in [4.69, 9.17) is 9.72 Å². The van der Waals surface area contributed by atoms with Crippen LogP contribution >= 0.6 is 0 Å². The summed E-state index contributed by atoms with van der Waals surface area (Å²) in [6, 6.07) is 10.0. The number of aromatic nitrogens is 5. The first kappa shape index (κ1) is 23.2. The molecule has 4 aromatic rings. The van der Waals surface area contributed by atoms with Crippen molar-refractivity contribution in [2.24, 2.45) is 0 Å². The van der Waals surface area contributed by atoms with E-state index in [0.717, 1.165) is 12.8 Å². The van der Waals surface area contributed by atoms with E-state index in [-0.39, 0.29) is 12.2 Å². The van der Waals surface area contributed by atoms with Crippen molar-refractivity contribution in [3.8, 4) is 11.4 Å². The number of nitrogens with zero attached hydrogens (tertiary/aromatic N) is 6. The first-order chi connectivity index (χ1) is 18.0. The molecule has 37 heavy (non-hydrogen) atoms. The van der Waals surface area contributed by atoms with Crippen molar-refractivity contribution in [1.29, 1.82) is 0 Å². The molecule has 0 spiro atoms. The molecule has 2 aliphatic rings. The Labute approximate surface area is 210 Å². The number of fused-ring (bicyclic) bond motifs is 3. The number of benzene rings is 1. The number of carbonyl (C=O) groups is 1. The van der Waals surface area contributed by atoms with Crippen LogP contribution in [0.25, 0.3) is 22.4 Å². The molecule has 2 unspecified atom stereocenters. The molecule has 3 aromatic heterocycles. The standard InChI is InChI=1S/C25H24F2N8O2/c26-21(27)14-35-24-20(11-29-35)23(34-12-18-5-6-19(13-34)37-18)32-22(33-24)15-1-3-16(4-2-15)30-25(36)31-17-7-9-28-10-8-17/h1-4,7-11,18-19,21H,5-6,12-14H2,(H2,28,30,31,36). The van der Waals surface area contributed by atoms with E-state index < -0.39 is 19.0 Å². The van der Waals surface area contributed by atoms with Crippen LogP contribution < -0.4 is 15.5 Å². The molecule has 5 heterocycles. The summed E-state index contributed by atoms with van der Waals surface area (Å²) in [6.45, 7) is 0.804. The van der Waals surface area contributed by atoms with Crippen LogP contribution in [0.1, 0.15) is 12.8 Å². The molecule has 12 heteroatoms. The van der Waals surface area contributed by atoms with Crippen molar-refractivity contribution in [3.63, 3.8) is 0 Å². The lowest BCUT2D eigenvalue weighted by atomic mass is 10.2. The van der Waals surface area contributed by atoms with Crippen LogP contribution in [0, 0.1) is 0 Å². The molecule has 0 saturated carbocycles. The van der Waals surface area contributed by atoms with Gasteiger partial charge in [0.2, 0.25) is 0 Å². The second-order valence-electron chi connectivity index (χ2n) is 9.08. The second kappa shape index (κ2) is 9.69. The highest BCUT2D eigenvalue weighted by Crippen LogP contribution is 2.34. The predicted octanol–water partition coefficient (Wildman–Crippen LogP) is 4.17. The number of urea groups is 1. The zero-order valence-electron chi connectivity index (χ0n) is 19.7. The molecular formula is C25H24F2N8O2. The Balaban J connectivity index is 1.29. The number of hydrogen-bond acceptors (Lipinski definition) is 7. The number of halogens is 2. The molecule has 2 N–H and O–H groups in total. The summed E-state index contributed by atoms with van der Waals surface area (Å²) in [5, 5.41) is 10.3. The molecule has 2 saturated heterocycles. The lowest BCUT2D eigenvalue weighted by Gasteiger charge is -2.33. The van der Waals surface area contributed by atoms with E-state index in [1.807, 2.05) is 0 Å². The molecular weight excluding hydrogens is 482 g/mol. The van der Waals surface area contributed by atoms with E-state index in [0.29, 0.717) is 52.7 Å². The molecule has 10 nitrogen and oxygen atoms in total. The predicted molar refractivity (Wildman–Crippen MR) is 134 cm³/mol. The molecule has 2 atom stereocenters. The Morgan fingerprint density at radius 1 is 1.00 bits per heavy atom. The van der Waals surface area contributed by atoms with Gasteiger partial charge in [0, 0.05) is 42.4 Å². The van der Waals surface area contributed by atoms with Crippen LogP contribution in [-0.2, 0) is 11.3 Å². The van der Waals surface area contributed by atoms with Crippen molar-refractivity contribution >= 4 is 34.3 Å². The van der Waals surface area contributed by atoms with Crippen molar-refractivity contribution in [1.82, 2.24) is 24.7 Å². The maximum absolute atomic E-state index is 13.2. The largest absolute Gasteiger partial charge is 0.371 e. The molecule has 6 rings (SSSR count). The quantitative estimate of drug-likeness (QED) is 0.404. The Hall–Kier alpha value is -4.19. The summed E-state index contributed by atoms with van der Waals surface area (Å²) in [6.07, 6.45) is 4.43. The number of pyridine rings is 1. The first-order valence-electron chi connectivity index (χ1n) is 12.0. The molecule has 2 bridgehead atoms. The molecule has 1 aromatic carbocycles. The maximum Gasteiger partial charge on any atom is 0.323 e. The maximum atomic E-state index is 13.2. The third-order valence-electron chi connectivity index (χ3n) is 6.47. The minimum Gasteiger partial charge on any atom is -0.371 e. The minimum atomic E-state index is -2.56. The normalized spacial score (nSPS) is 18.9. The van der Waals surface area contributed by atoms with Gasteiger partial charge >= 0.3 is 6.03 Å². The molecule has 0 radical (unpaired) electrons. The Morgan fingerprint density at radius 3 is 2.35 bits per heavy atom. The van der Waals surface area contributed by atoms with Crippen LogP contribution in [0.3, 0.4) is 0 Å². The number of rotatable bonds is 6. The van der Waals surface area contributed by atoms with Crippen LogP contribution in [0.2, 0.25) is 0 Å². The van der Waals surface area contributed by atoms with Gasteiger partial charge < -0.3 is 20.3 Å². The summed E-state index contributed by atoms with van der Waals surface area (Å²) >= 11 is 0. The topological polar surface area (TPSA) is 110 Å². The lowest BCUT2D eigenvalue weighted by molar-refractivity contribution is 0.0303. The third kappa shape index (κ3) is 4.92. The SMILES string of the molecule is O=C(Nc1ccncc1)Nc1ccc(-c2nc(N3CC4CCC(C3)O4)c3cnn(CC(F)F)c3n2)cc1. The van der Waals surface area contributed by atoms with E-state index in [9.17, 15) is 13.6 Å². The van der Waals surface area contributed by atoms with Crippen molar-refractivity contribution in [2.75, 3.05) is 28.6 Å². The lowest BCUT2D eigenvalue weighted by Crippen LogP contribution is -2.43. The Bertz CT molecular complexity index is 1400. The van der Waals surface area contributed by atoms with Gasteiger partial charge in [0.15, 0.2) is 11.5 Å². The minimum absolute atomic E-state index is 0.131. The summed E-state index contributed by atoms with van der Waals surface area (Å²) in [5.41, 5.74) is 2.24. The average Bonchev–Trinajstić information content (AvgIpc) is 3.45. The first-order valence-corrected chi connectivity index (χ1v) is 12.0. The van der Waals surface area contributed by atoms with Gasteiger partial charge in [-0.05, 0) is 49.2 Å². The highest BCUT2D eigenvalue weighted by atomic mass is 19.3. The molecule has 2 fully saturated rings. The van der Waals surface area contributed by atoms with Gasteiger partial charge in [0.25, 0.3) is 6.43 Å². The smallest absolute Gasteiger partial charge is 0.323 e. The van der Waals surface area contributed by atoms with Crippen LogP contribution in [-0.4, -0.2) is 62.5 Å². The van der Waals surface area contributed by atoms with E-state index in [1.54, 1.807) is 55.0 Å². The van der Waals surface area contributed by atoms with Gasteiger partial charge in [-0.25, -0.2) is 28.2 Å². The zero-order chi connectivity index (χ0) is 25.4. The highest BCUT2D eigenvalue weighted by molar-refractivity contribution is 5.99. The van der Waals surface area contributed by atoms with Gasteiger partial charge in [-0.1, -0.05) is 0 Å². The number of hydrogen-bond donors (Lipinski definition) is 2. The van der Waals surface area contributed by atoms with Gasteiger partial charge in [-0.3, -0.25) is 4.98 Å². The van der Waals surface area contributed by atoms with Crippen LogP contribution in [0.4, 0.5) is 30.8 Å². The van der Waals surface area contributed by atoms with Crippen molar-refractivity contribution in [2.45, 2.75) is 38.0 Å². The summed E-state index contributed by atoms with van der Waals surface area (Å²) < 4.78 is 33.6. The van der Waals surface area contributed by atoms with Gasteiger partial charge in [-0.2, -0.15) is 5.10 Å². The fourth-order valence-electron chi connectivity index (χ4n) is 4.79. The highest BCUT2D eigenvalue weighted by Gasteiger charge is 2.35. The van der Waals surface area contributed by atoms with Gasteiger partial charge in [-0.15, -0.1) is 0 Å². The van der Waals surface area contributed by atoms with E-state index in [2.05, 4.69) is 30.6 Å². The van der Waals surface area contributed by atoms with Gasteiger partial charge in [0.1, 0.15) is 12.4 Å². The number of nitrogens with one attached hydrogen (secondary N) is 2. The zero-order valence-corrected chi connectivity index (χ0v) is 19.7. The Morgan fingerprint density at radius 2 is 1.68 bits per heavy atom. The van der Waals surface area contributed by atoms with Crippen LogP contribution in [0.5, 0.6) is 0 Å². The molecule has 2 aliphatic heterocycles. The summed E-state index contributed by atoms with van der Waals surface area (Å²) in [4.78, 5) is 27.8. The summed E-state index contributed by atoms with van der Waals surface area (Å²) in [7, 11) is 0. The number of alkyl halides is 2. The number of amides is 2. The van der Waals surface area contributed by atoms with E-state index >= 15 is 0 Å². The Kier molecular flexibility index (Phi) is 6.08. The third-order valence-corrected chi connectivity index (χ3v) is 6.47. The van der Waals surface area contributed by atoms with Crippen molar-refractivity contribution in [3.05, 3.63) is 55.0 Å². The second-order valence-corrected chi connectivity index (χ2v) is 9.08. The molecule has 190 valence electrons. The van der Waals surface area contributed by atoms with Crippen LogP contribution in [0.15, 0.2) is 55.0 Å². The molecule has 2 amide bonds. The fourth-order valence-corrected chi connectivity index (χ4v) is 4.79. The van der Waals surface area contributed by atoms with Gasteiger partial charge in [0.05, 0.1) is 23.8 Å². The fraction of sp³-hybridized carbons (Fsp3) is 0.320. The van der Waals surface area contributed by atoms with E-state index in [1.165, 1.54) is 4.68 Å². The van der Waals surface area contributed by atoms with Crippen molar-refractivity contribution < 1.29 is 18.3 Å². The monoisotopic (exact) mass is 506 g/mol. The number of carbonyl (C=O) groups excluding carboxylic acids is 1. The average molecular weight is 507 g/mol. The number of morpholine rings is 1. The summed E-state index contributed by atoms with van der Waals surface area (Å²) in [5.74, 6) is 1.06. The number of anilines is 3. The number of ether oxygens (including phenoxy) is 1. The molecule has 0 aliphatic carbocycles.